The van der Waals surface area contributed by atoms with Crippen LogP contribution in [0.4, 0.5) is 13.2 Å². The van der Waals surface area contributed by atoms with Crippen molar-refractivity contribution < 1.29 is 17.9 Å². The molecule has 0 spiro atoms. The lowest BCUT2D eigenvalue weighted by atomic mass is 9.91. The molecule has 0 heterocycles. The molecule has 2 nitrogen and oxygen atoms in total. The first-order valence-electron chi connectivity index (χ1n) is 5.75. The highest BCUT2D eigenvalue weighted by atomic mass is 19.4. The summed E-state index contributed by atoms with van der Waals surface area (Å²) in [6, 6.07) is 4.44. The molecular weight excluding hydrogens is 243 g/mol. The summed E-state index contributed by atoms with van der Waals surface area (Å²) < 4.78 is 43.3. The zero-order valence-corrected chi connectivity index (χ0v) is 10.7. The van der Waals surface area contributed by atoms with Gasteiger partial charge in [-0.05, 0) is 38.5 Å². The Hall–Kier alpha value is -1.07. The first kappa shape index (κ1) is 15.0. The van der Waals surface area contributed by atoms with E-state index in [2.05, 4.69) is 0 Å². The molecule has 0 fully saturated rings. The molecule has 0 aliphatic rings. The molecule has 0 bridgehead atoms. The minimum absolute atomic E-state index is 0.420. The van der Waals surface area contributed by atoms with Crippen molar-refractivity contribution in [3.05, 3.63) is 35.4 Å². The van der Waals surface area contributed by atoms with Crippen molar-refractivity contribution in [2.45, 2.75) is 38.6 Å². The number of hydrogen-bond acceptors (Lipinski definition) is 2. The first-order valence-corrected chi connectivity index (χ1v) is 5.75. The molecule has 0 aliphatic carbocycles. The zero-order chi connectivity index (χ0) is 14.0. The topological polar surface area (TPSA) is 35.2 Å². The molecule has 1 unspecified atom stereocenters. The minimum Gasteiger partial charge on any atom is -0.374 e. The van der Waals surface area contributed by atoms with Gasteiger partial charge in [0.05, 0.1) is 17.2 Å². The quantitative estimate of drug-likeness (QED) is 0.900. The number of ether oxygens (including phenoxy) is 1. The van der Waals surface area contributed by atoms with Crippen LogP contribution in [0.1, 0.15) is 37.9 Å². The average molecular weight is 261 g/mol. The van der Waals surface area contributed by atoms with Gasteiger partial charge < -0.3 is 10.5 Å². The maximum Gasteiger partial charge on any atom is 0.416 e. The van der Waals surface area contributed by atoms with Crippen LogP contribution < -0.4 is 5.73 Å². The van der Waals surface area contributed by atoms with Crippen molar-refractivity contribution in [3.63, 3.8) is 0 Å². The van der Waals surface area contributed by atoms with Crippen LogP contribution in [0, 0.1) is 0 Å². The second-order valence-electron chi connectivity index (χ2n) is 4.64. The van der Waals surface area contributed by atoms with Crippen LogP contribution in [0.25, 0.3) is 0 Å². The normalized spacial score (nSPS) is 14.6. The largest absolute Gasteiger partial charge is 0.416 e. The molecule has 18 heavy (non-hydrogen) atoms. The molecule has 0 saturated heterocycles. The summed E-state index contributed by atoms with van der Waals surface area (Å²) in [4.78, 5) is 0. The smallest absolute Gasteiger partial charge is 0.374 e. The van der Waals surface area contributed by atoms with Crippen molar-refractivity contribution in [1.29, 1.82) is 0 Å². The molecular formula is C13H18F3NO. The van der Waals surface area contributed by atoms with Gasteiger partial charge >= 0.3 is 6.18 Å². The van der Waals surface area contributed by atoms with E-state index < -0.39 is 23.4 Å². The SMILES string of the molecule is CCOC(C)(C)C(N)c1cccc(C(F)(F)F)c1. The zero-order valence-electron chi connectivity index (χ0n) is 10.7. The maximum atomic E-state index is 12.6. The summed E-state index contributed by atoms with van der Waals surface area (Å²) in [6.07, 6.45) is -4.36. The van der Waals surface area contributed by atoms with Crippen molar-refractivity contribution in [3.8, 4) is 0 Å². The van der Waals surface area contributed by atoms with Gasteiger partial charge in [-0.25, -0.2) is 0 Å². The Morgan fingerprint density at radius 1 is 1.28 bits per heavy atom. The van der Waals surface area contributed by atoms with Crippen LogP contribution >= 0.6 is 0 Å². The van der Waals surface area contributed by atoms with Gasteiger partial charge in [0.15, 0.2) is 0 Å². The van der Waals surface area contributed by atoms with Gasteiger partial charge in [-0.2, -0.15) is 13.2 Å². The van der Waals surface area contributed by atoms with E-state index >= 15 is 0 Å². The lowest BCUT2D eigenvalue weighted by Crippen LogP contribution is -2.38. The van der Waals surface area contributed by atoms with E-state index in [-0.39, 0.29) is 0 Å². The predicted molar refractivity (Wildman–Crippen MR) is 64.1 cm³/mol. The van der Waals surface area contributed by atoms with E-state index in [1.807, 2.05) is 6.92 Å². The van der Waals surface area contributed by atoms with Gasteiger partial charge in [-0.3, -0.25) is 0 Å². The molecule has 5 heteroatoms. The summed E-state index contributed by atoms with van der Waals surface area (Å²) in [5, 5.41) is 0. The van der Waals surface area contributed by atoms with Crippen LogP contribution in [-0.4, -0.2) is 12.2 Å². The fourth-order valence-corrected chi connectivity index (χ4v) is 1.77. The Morgan fingerprint density at radius 2 is 1.89 bits per heavy atom. The van der Waals surface area contributed by atoms with Gasteiger partial charge in [0.2, 0.25) is 0 Å². The summed E-state index contributed by atoms with van der Waals surface area (Å²) in [7, 11) is 0. The maximum absolute atomic E-state index is 12.6. The molecule has 0 radical (unpaired) electrons. The molecule has 1 aromatic carbocycles. The average Bonchev–Trinajstić information content (AvgIpc) is 2.27. The second kappa shape index (κ2) is 5.28. The van der Waals surface area contributed by atoms with Gasteiger partial charge in [-0.1, -0.05) is 12.1 Å². The van der Waals surface area contributed by atoms with Gasteiger partial charge in [0.25, 0.3) is 0 Å². The van der Waals surface area contributed by atoms with Gasteiger partial charge in [-0.15, -0.1) is 0 Å². The standard InChI is InChI=1S/C13H18F3NO/c1-4-18-12(2,3)11(17)9-6-5-7-10(8-9)13(14,15)16/h5-8,11H,4,17H2,1-3H3. The van der Waals surface area contributed by atoms with Crippen molar-refractivity contribution in [2.24, 2.45) is 5.73 Å². The van der Waals surface area contributed by atoms with Crippen LogP contribution in [0.2, 0.25) is 0 Å². The molecule has 2 N–H and O–H groups in total. The minimum atomic E-state index is -4.36. The summed E-state index contributed by atoms with van der Waals surface area (Å²) in [5.74, 6) is 0. The third-order valence-electron chi connectivity index (χ3n) is 2.84. The van der Waals surface area contributed by atoms with E-state index in [0.29, 0.717) is 12.2 Å². The highest BCUT2D eigenvalue weighted by molar-refractivity contribution is 5.29. The number of hydrogen-bond donors (Lipinski definition) is 1. The third-order valence-corrected chi connectivity index (χ3v) is 2.84. The Balaban J connectivity index is 3.04. The Morgan fingerprint density at radius 3 is 2.39 bits per heavy atom. The molecule has 0 aromatic heterocycles. The summed E-state index contributed by atoms with van der Waals surface area (Å²) in [6.45, 7) is 5.81. The van der Waals surface area contributed by atoms with E-state index in [0.717, 1.165) is 12.1 Å². The fraction of sp³-hybridized carbons (Fsp3) is 0.538. The number of nitrogens with two attached hydrogens (primary N) is 1. The second-order valence-corrected chi connectivity index (χ2v) is 4.64. The number of alkyl halides is 3. The summed E-state index contributed by atoms with van der Waals surface area (Å²) in [5.41, 5.74) is 5.00. The van der Waals surface area contributed by atoms with Crippen molar-refractivity contribution in [1.82, 2.24) is 0 Å². The van der Waals surface area contributed by atoms with Crippen molar-refractivity contribution >= 4 is 0 Å². The molecule has 0 saturated carbocycles. The van der Waals surface area contributed by atoms with Gasteiger partial charge in [0.1, 0.15) is 0 Å². The number of rotatable bonds is 4. The molecule has 1 rings (SSSR count). The van der Waals surface area contributed by atoms with Crippen LogP contribution in [0.15, 0.2) is 24.3 Å². The van der Waals surface area contributed by atoms with Crippen LogP contribution in [0.5, 0.6) is 0 Å². The Labute approximate surface area is 105 Å². The predicted octanol–water partition coefficient (Wildman–Crippen LogP) is 3.52. The fourth-order valence-electron chi connectivity index (χ4n) is 1.77. The van der Waals surface area contributed by atoms with Crippen LogP contribution in [-0.2, 0) is 10.9 Å². The Kier molecular flexibility index (Phi) is 4.40. The van der Waals surface area contributed by atoms with Gasteiger partial charge in [0, 0.05) is 6.61 Å². The lowest BCUT2D eigenvalue weighted by Gasteiger charge is -2.32. The number of halogens is 3. The molecule has 0 amide bonds. The molecule has 1 atom stereocenters. The lowest BCUT2D eigenvalue weighted by molar-refractivity contribution is -0.137. The van der Waals surface area contributed by atoms with Crippen molar-refractivity contribution in [2.75, 3.05) is 6.61 Å². The monoisotopic (exact) mass is 261 g/mol. The highest BCUT2D eigenvalue weighted by Crippen LogP contribution is 2.33. The third kappa shape index (κ3) is 3.46. The molecule has 0 aliphatic heterocycles. The highest BCUT2D eigenvalue weighted by Gasteiger charge is 2.33. The van der Waals surface area contributed by atoms with E-state index in [4.69, 9.17) is 10.5 Å². The van der Waals surface area contributed by atoms with E-state index in [1.165, 1.54) is 6.07 Å². The number of benzene rings is 1. The van der Waals surface area contributed by atoms with E-state index in [9.17, 15) is 13.2 Å². The Bertz CT molecular complexity index is 401. The summed E-state index contributed by atoms with van der Waals surface area (Å²) >= 11 is 0. The van der Waals surface area contributed by atoms with Crippen LogP contribution in [0.3, 0.4) is 0 Å². The molecule has 1 aromatic rings. The van der Waals surface area contributed by atoms with E-state index in [1.54, 1.807) is 19.9 Å². The molecule has 102 valence electrons. The first-order chi connectivity index (χ1) is 8.18.